The van der Waals surface area contributed by atoms with Crippen molar-refractivity contribution in [3.05, 3.63) is 0 Å². The molecule has 0 saturated carbocycles. The number of nitrogens with one attached hydrogen (secondary N) is 1. The lowest BCUT2D eigenvalue weighted by Gasteiger charge is -2.13. The Bertz CT molecular complexity index is 252. The standard InChI is InChI=1S/C7H16N2O3S/c8-6(4-10)3-9-7-1-2-13(11,12)5-7/h6-7,9-10H,1-5,8H2. The van der Waals surface area contributed by atoms with E-state index in [-0.39, 0.29) is 30.2 Å². The predicted octanol–water partition coefficient (Wildman–Crippen LogP) is -1.92. The van der Waals surface area contributed by atoms with E-state index in [4.69, 9.17) is 10.8 Å². The number of hydrogen-bond acceptors (Lipinski definition) is 5. The van der Waals surface area contributed by atoms with Crippen LogP contribution in [0.3, 0.4) is 0 Å². The normalized spacial score (nSPS) is 28.9. The van der Waals surface area contributed by atoms with Gasteiger partial charge in [-0.25, -0.2) is 8.42 Å². The molecule has 0 aromatic heterocycles. The molecule has 2 unspecified atom stereocenters. The number of rotatable bonds is 4. The second-order valence-corrected chi connectivity index (χ2v) is 5.68. The van der Waals surface area contributed by atoms with Gasteiger partial charge in [-0.15, -0.1) is 0 Å². The van der Waals surface area contributed by atoms with Crippen molar-refractivity contribution in [1.82, 2.24) is 5.32 Å². The van der Waals surface area contributed by atoms with Crippen LogP contribution in [0.5, 0.6) is 0 Å². The molecular weight excluding hydrogens is 192 g/mol. The zero-order valence-electron chi connectivity index (χ0n) is 7.44. The molecule has 0 spiro atoms. The summed E-state index contributed by atoms with van der Waals surface area (Å²) < 4.78 is 22.1. The molecule has 13 heavy (non-hydrogen) atoms. The fraction of sp³-hybridized carbons (Fsp3) is 1.00. The molecule has 0 aromatic carbocycles. The average molecular weight is 208 g/mol. The Morgan fingerprint density at radius 3 is 2.77 bits per heavy atom. The van der Waals surface area contributed by atoms with Crippen LogP contribution in [0.1, 0.15) is 6.42 Å². The van der Waals surface area contributed by atoms with E-state index in [1.54, 1.807) is 0 Å². The van der Waals surface area contributed by atoms with Crippen molar-refractivity contribution < 1.29 is 13.5 Å². The van der Waals surface area contributed by atoms with Gasteiger partial charge in [0.05, 0.1) is 18.1 Å². The van der Waals surface area contributed by atoms with Crippen LogP contribution in [0.15, 0.2) is 0 Å². The summed E-state index contributed by atoms with van der Waals surface area (Å²) in [6, 6.07) is -0.286. The van der Waals surface area contributed by atoms with Crippen molar-refractivity contribution in [3.8, 4) is 0 Å². The van der Waals surface area contributed by atoms with E-state index in [1.807, 2.05) is 0 Å². The monoisotopic (exact) mass is 208 g/mol. The van der Waals surface area contributed by atoms with E-state index in [1.165, 1.54) is 0 Å². The highest BCUT2D eigenvalue weighted by molar-refractivity contribution is 7.91. The minimum atomic E-state index is -2.82. The van der Waals surface area contributed by atoms with Crippen molar-refractivity contribution in [2.45, 2.75) is 18.5 Å². The van der Waals surface area contributed by atoms with Crippen molar-refractivity contribution >= 4 is 9.84 Å². The Kier molecular flexibility index (Phi) is 3.66. The molecule has 4 N–H and O–H groups in total. The smallest absolute Gasteiger partial charge is 0.151 e. The van der Waals surface area contributed by atoms with Gasteiger partial charge < -0.3 is 16.2 Å². The number of hydrogen-bond donors (Lipinski definition) is 3. The van der Waals surface area contributed by atoms with Crippen LogP contribution < -0.4 is 11.1 Å². The lowest BCUT2D eigenvalue weighted by molar-refractivity contribution is 0.260. The lowest BCUT2D eigenvalue weighted by atomic mass is 10.2. The summed E-state index contributed by atoms with van der Waals surface area (Å²) in [6.07, 6.45) is 0.653. The fourth-order valence-corrected chi connectivity index (χ4v) is 3.05. The first-order chi connectivity index (χ1) is 6.03. The molecule has 1 aliphatic rings. The van der Waals surface area contributed by atoms with Gasteiger partial charge in [-0.1, -0.05) is 0 Å². The van der Waals surface area contributed by atoms with E-state index in [0.717, 1.165) is 0 Å². The summed E-state index contributed by atoms with van der Waals surface area (Å²) in [5, 5.41) is 11.7. The summed E-state index contributed by atoms with van der Waals surface area (Å²) in [7, 11) is -2.82. The molecule has 0 aliphatic carbocycles. The molecular formula is C7H16N2O3S. The fourth-order valence-electron chi connectivity index (χ4n) is 1.34. The summed E-state index contributed by atoms with van der Waals surface area (Å²) >= 11 is 0. The summed E-state index contributed by atoms with van der Waals surface area (Å²) in [6.45, 7) is 0.392. The molecule has 1 saturated heterocycles. The van der Waals surface area contributed by atoms with E-state index >= 15 is 0 Å². The first kappa shape index (κ1) is 10.9. The first-order valence-electron chi connectivity index (χ1n) is 4.34. The van der Waals surface area contributed by atoms with Gasteiger partial charge in [0.15, 0.2) is 9.84 Å². The molecule has 0 radical (unpaired) electrons. The highest BCUT2D eigenvalue weighted by Gasteiger charge is 2.27. The molecule has 2 atom stereocenters. The lowest BCUT2D eigenvalue weighted by Crippen LogP contribution is -2.41. The van der Waals surface area contributed by atoms with Crippen LogP contribution in [0.25, 0.3) is 0 Å². The Morgan fingerprint density at radius 1 is 1.62 bits per heavy atom. The maximum Gasteiger partial charge on any atom is 0.151 e. The minimum absolute atomic E-state index is 0.0163. The molecule has 5 nitrogen and oxygen atoms in total. The van der Waals surface area contributed by atoms with E-state index in [0.29, 0.717) is 13.0 Å². The molecule has 1 fully saturated rings. The van der Waals surface area contributed by atoms with Gasteiger partial charge in [0.1, 0.15) is 0 Å². The molecule has 0 aromatic rings. The topological polar surface area (TPSA) is 92.4 Å². The first-order valence-corrected chi connectivity index (χ1v) is 6.16. The summed E-state index contributed by atoms with van der Waals surface area (Å²) in [5.74, 6) is 0.462. The number of aliphatic hydroxyl groups is 1. The zero-order valence-corrected chi connectivity index (χ0v) is 8.26. The van der Waals surface area contributed by atoms with E-state index in [9.17, 15) is 8.42 Å². The number of nitrogens with two attached hydrogens (primary N) is 1. The van der Waals surface area contributed by atoms with Crippen LogP contribution in [0.2, 0.25) is 0 Å². The van der Waals surface area contributed by atoms with Gasteiger partial charge >= 0.3 is 0 Å². The second kappa shape index (κ2) is 4.36. The number of sulfone groups is 1. The Labute approximate surface area is 78.2 Å². The Balaban J connectivity index is 2.25. The molecule has 0 bridgehead atoms. The maximum atomic E-state index is 11.0. The second-order valence-electron chi connectivity index (χ2n) is 3.45. The molecule has 1 aliphatic heterocycles. The highest BCUT2D eigenvalue weighted by atomic mass is 32.2. The van der Waals surface area contributed by atoms with Gasteiger partial charge in [-0.05, 0) is 6.42 Å². The predicted molar refractivity (Wildman–Crippen MR) is 50.1 cm³/mol. The Hall–Kier alpha value is -0.170. The van der Waals surface area contributed by atoms with Crippen molar-refractivity contribution in [2.75, 3.05) is 24.7 Å². The van der Waals surface area contributed by atoms with Crippen LogP contribution in [-0.2, 0) is 9.84 Å². The van der Waals surface area contributed by atoms with E-state index < -0.39 is 9.84 Å². The third-order valence-corrected chi connectivity index (χ3v) is 3.90. The van der Waals surface area contributed by atoms with Gasteiger partial charge in [0.25, 0.3) is 0 Å². The number of aliphatic hydroxyl groups excluding tert-OH is 1. The van der Waals surface area contributed by atoms with Crippen molar-refractivity contribution in [3.63, 3.8) is 0 Å². The molecule has 1 heterocycles. The Morgan fingerprint density at radius 2 is 2.31 bits per heavy atom. The van der Waals surface area contributed by atoms with Crippen LogP contribution in [0, 0.1) is 0 Å². The quantitative estimate of drug-likeness (QED) is 0.501. The third kappa shape index (κ3) is 3.60. The van der Waals surface area contributed by atoms with Crippen LogP contribution in [0.4, 0.5) is 0 Å². The summed E-state index contributed by atoms with van der Waals surface area (Å²) in [5.41, 5.74) is 5.46. The van der Waals surface area contributed by atoms with E-state index in [2.05, 4.69) is 5.32 Å². The van der Waals surface area contributed by atoms with Crippen LogP contribution >= 0.6 is 0 Å². The summed E-state index contributed by atoms with van der Waals surface area (Å²) in [4.78, 5) is 0. The average Bonchev–Trinajstić information content (AvgIpc) is 2.41. The molecule has 0 amide bonds. The minimum Gasteiger partial charge on any atom is -0.395 e. The third-order valence-electron chi connectivity index (χ3n) is 2.14. The van der Waals surface area contributed by atoms with Gasteiger partial charge in [-0.2, -0.15) is 0 Å². The van der Waals surface area contributed by atoms with Crippen LogP contribution in [-0.4, -0.2) is 50.3 Å². The molecule has 6 heteroatoms. The van der Waals surface area contributed by atoms with Crippen molar-refractivity contribution in [2.24, 2.45) is 5.73 Å². The highest BCUT2D eigenvalue weighted by Crippen LogP contribution is 2.10. The van der Waals surface area contributed by atoms with Crippen molar-refractivity contribution in [1.29, 1.82) is 0 Å². The van der Waals surface area contributed by atoms with Gasteiger partial charge in [0.2, 0.25) is 0 Å². The SMILES string of the molecule is NC(CO)CNC1CCS(=O)(=O)C1. The van der Waals surface area contributed by atoms with Gasteiger partial charge in [0, 0.05) is 18.6 Å². The largest absolute Gasteiger partial charge is 0.395 e. The van der Waals surface area contributed by atoms with Gasteiger partial charge in [-0.3, -0.25) is 0 Å². The maximum absolute atomic E-state index is 11.0. The zero-order chi connectivity index (χ0) is 9.90. The molecule has 78 valence electrons. The molecule has 1 rings (SSSR count).